The molecule has 0 saturated heterocycles. The van der Waals surface area contributed by atoms with Crippen LogP contribution in [0.4, 0.5) is 4.79 Å². The number of rotatable bonds is 4. The monoisotopic (exact) mass is 450 g/mol. The van der Waals surface area contributed by atoms with Crippen molar-refractivity contribution in [2.24, 2.45) is 0 Å². The molecule has 2 aromatic heterocycles. The van der Waals surface area contributed by atoms with Gasteiger partial charge in [0.05, 0.1) is 18.2 Å². The molecule has 1 amide bonds. The summed E-state index contributed by atoms with van der Waals surface area (Å²) in [5.41, 5.74) is 3.19. The van der Waals surface area contributed by atoms with Crippen molar-refractivity contribution in [2.45, 2.75) is 31.2 Å². The normalized spacial score (nSPS) is 19.2. The van der Waals surface area contributed by atoms with E-state index < -0.39 is 0 Å². The van der Waals surface area contributed by atoms with Crippen LogP contribution in [0.2, 0.25) is 0 Å². The average Bonchev–Trinajstić information content (AvgIpc) is 3.18. The van der Waals surface area contributed by atoms with E-state index in [1.807, 2.05) is 31.2 Å². The lowest BCUT2D eigenvalue weighted by Gasteiger charge is -2.35. The Morgan fingerprint density at radius 1 is 1.28 bits per heavy atom. The zero-order valence-corrected chi connectivity index (χ0v) is 18.4. The van der Waals surface area contributed by atoms with Gasteiger partial charge in [0.1, 0.15) is 11.8 Å². The molecule has 1 aliphatic carbocycles. The molecule has 2 atom stereocenters. The zero-order valence-electron chi connectivity index (χ0n) is 17.6. The Kier molecular flexibility index (Phi) is 5.57. The van der Waals surface area contributed by atoms with Crippen molar-refractivity contribution in [3.8, 4) is 11.6 Å². The summed E-state index contributed by atoms with van der Waals surface area (Å²) in [4.78, 5) is 26.3. The number of aromatic nitrogens is 3. The van der Waals surface area contributed by atoms with Crippen LogP contribution < -0.4 is 15.3 Å². The van der Waals surface area contributed by atoms with Crippen LogP contribution in [-0.4, -0.2) is 44.5 Å². The third-order valence-electron chi connectivity index (χ3n) is 5.75. The van der Waals surface area contributed by atoms with Crippen LogP contribution in [0.25, 0.3) is 12.2 Å². The van der Waals surface area contributed by atoms with Crippen LogP contribution in [-0.2, 0) is 11.2 Å². The fourth-order valence-corrected chi connectivity index (χ4v) is 4.59. The molecule has 1 unspecified atom stereocenters. The van der Waals surface area contributed by atoms with E-state index >= 15 is 0 Å². The molecule has 32 heavy (non-hydrogen) atoms. The minimum absolute atomic E-state index is 0.0125. The number of H-pyrrole nitrogens is 1. The van der Waals surface area contributed by atoms with E-state index in [9.17, 15) is 4.79 Å². The van der Waals surface area contributed by atoms with E-state index in [1.54, 1.807) is 23.5 Å². The molecule has 2 aliphatic rings. The van der Waals surface area contributed by atoms with Crippen LogP contribution in [0.3, 0.4) is 0 Å². The Morgan fingerprint density at radius 2 is 2.12 bits per heavy atom. The number of halogens is 1. The number of hydrogen-bond acceptors (Lipinski definition) is 5. The van der Waals surface area contributed by atoms with Gasteiger partial charge in [-0.2, -0.15) is 0 Å². The van der Waals surface area contributed by atoms with Gasteiger partial charge in [0.2, 0.25) is 5.88 Å². The lowest BCUT2D eigenvalue weighted by Crippen LogP contribution is -2.42. The summed E-state index contributed by atoms with van der Waals surface area (Å²) < 4.78 is 11.1. The van der Waals surface area contributed by atoms with Crippen LogP contribution >= 0.6 is 11.6 Å². The lowest BCUT2D eigenvalue weighted by molar-refractivity contribution is 0.0930. The number of nitrogens with zero attached hydrogens (tertiary/aromatic N) is 3. The minimum atomic E-state index is -0.321. The number of alkyl halides is 1. The summed E-state index contributed by atoms with van der Waals surface area (Å²) in [5, 5.41) is 2.22. The molecular formula is C24H23ClN4O3. The lowest BCUT2D eigenvalue weighted by atomic mass is 9.92. The van der Waals surface area contributed by atoms with E-state index in [-0.39, 0.29) is 17.5 Å². The SMILES string of the molecule is CCOC(=O)N1CCc2c([nH]c3c2=CC(Cl)CC=3)[C@@H]1c1ccc(Oc2cnccn2)cc1. The van der Waals surface area contributed by atoms with Crippen LogP contribution in [0.15, 0.2) is 42.9 Å². The molecule has 7 nitrogen and oxygen atoms in total. The van der Waals surface area contributed by atoms with Crippen molar-refractivity contribution in [3.63, 3.8) is 0 Å². The molecule has 0 fully saturated rings. The minimum Gasteiger partial charge on any atom is -0.450 e. The van der Waals surface area contributed by atoms with E-state index in [0.717, 1.165) is 34.7 Å². The van der Waals surface area contributed by atoms with Crippen molar-refractivity contribution in [1.29, 1.82) is 0 Å². The maximum absolute atomic E-state index is 12.8. The molecule has 164 valence electrons. The Morgan fingerprint density at radius 3 is 2.88 bits per heavy atom. The van der Waals surface area contributed by atoms with Gasteiger partial charge < -0.3 is 14.5 Å². The number of fused-ring (bicyclic) bond motifs is 3. The van der Waals surface area contributed by atoms with Gasteiger partial charge in [-0.05, 0) is 43.0 Å². The highest BCUT2D eigenvalue weighted by atomic mass is 35.5. The number of hydrogen-bond donors (Lipinski definition) is 1. The molecule has 5 rings (SSSR count). The second kappa shape index (κ2) is 8.67. The number of aromatic amines is 1. The van der Waals surface area contributed by atoms with Gasteiger partial charge in [-0.3, -0.25) is 9.88 Å². The van der Waals surface area contributed by atoms with E-state index in [1.165, 1.54) is 5.56 Å². The van der Waals surface area contributed by atoms with Gasteiger partial charge >= 0.3 is 6.09 Å². The maximum atomic E-state index is 12.8. The smallest absolute Gasteiger partial charge is 0.410 e. The second-order valence-corrected chi connectivity index (χ2v) is 8.29. The average molecular weight is 451 g/mol. The van der Waals surface area contributed by atoms with Crippen LogP contribution in [0.5, 0.6) is 11.6 Å². The van der Waals surface area contributed by atoms with Gasteiger partial charge in [0, 0.05) is 35.2 Å². The molecule has 8 heteroatoms. The quantitative estimate of drug-likeness (QED) is 0.617. The van der Waals surface area contributed by atoms with Gasteiger partial charge in [0.15, 0.2) is 0 Å². The van der Waals surface area contributed by atoms with E-state index in [4.69, 9.17) is 21.1 Å². The first-order chi connectivity index (χ1) is 15.6. The van der Waals surface area contributed by atoms with Gasteiger partial charge in [-0.15, -0.1) is 11.6 Å². The summed E-state index contributed by atoms with van der Waals surface area (Å²) in [7, 11) is 0. The topological polar surface area (TPSA) is 80.3 Å². The van der Waals surface area contributed by atoms with Crippen molar-refractivity contribution in [1.82, 2.24) is 19.9 Å². The molecule has 1 aromatic carbocycles. The Balaban J connectivity index is 1.54. The zero-order chi connectivity index (χ0) is 22.1. The third-order valence-corrected chi connectivity index (χ3v) is 6.06. The molecule has 1 aliphatic heterocycles. The highest BCUT2D eigenvalue weighted by molar-refractivity contribution is 6.24. The van der Waals surface area contributed by atoms with Crippen molar-refractivity contribution in [3.05, 3.63) is 70.2 Å². The number of ether oxygens (including phenoxy) is 2. The van der Waals surface area contributed by atoms with Crippen molar-refractivity contribution in [2.75, 3.05) is 13.2 Å². The Labute approximate surface area is 190 Å². The molecule has 3 aromatic rings. The third kappa shape index (κ3) is 3.84. The first-order valence-corrected chi connectivity index (χ1v) is 11.1. The van der Waals surface area contributed by atoms with Gasteiger partial charge in [-0.25, -0.2) is 9.78 Å². The highest BCUT2D eigenvalue weighted by Crippen LogP contribution is 2.34. The van der Waals surface area contributed by atoms with Gasteiger partial charge in [0.25, 0.3) is 0 Å². The van der Waals surface area contributed by atoms with Crippen molar-refractivity contribution >= 4 is 29.8 Å². The van der Waals surface area contributed by atoms with Crippen LogP contribution in [0, 0.1) is 0 Å². The molecule has 0 radical (unpaired) electrons. The predicted molar refractivity (Wildman–Crippen MR) is 121 cm³/mol. The molecule has 3 heterocycles. The molecule has 0 bridgehead atoms. The fourth-order valence-electron chi connectivity index (χ4n) is 4.37. The number of carbonyl (C=O) groups is 1. The van der Waals surface area contributed by atoms with E-state index in [2.05, 4.69) is 27.1 Å². The number of benzene rings is 1. The first-order valence-electron chi connectivity index (χ1n) is 10.7. The van der Waals surface area contributed by atoms with Crippen molar-refractivity contribution < 1.29 is 14.3 Å². The molecular weight excluding hydrogens is 428 g/mol. The number of amides is 1. The number of carbonyl (C=O) groups excluding carboxylic acids is 1. The summed E-state index contributed by atoms with van der Waals surface area (Å²) >= 11 is 6.39. The summed E-state index contributed by atoms with van der Waals surface area (Å²) in [5.74, 6) is 1.07. The fraction of sp³-hybridized carbons (Fsp3) is 0.292. The first kappa shape index (κ1) is 20.6. The summed E-state index contributed by atoms with van der Waals surface area (Å²) in [6.45, 7) is 2.72. The largest absolute Gasteiger partial charge is 0.450 e. The van der Waals surface area contributed by atoms with Crippen LogP contribution in [0.1, 0.15) is 36.2 Å². The molecule has 0 saturated carbocycles. The second-order valence-electron chi connectivity index (χ2n) is 7.73. The standard InChI is InChI=1S/C24H23ClN4O3/c1-2-31-24(30)29-12-9-18-19-13-16(25)5-8-20(19)28-22(18)23(29)15-3-6-17(7-4-15)32-21-14-26-10-11-27-21/h3-4,6-8,10-11,13-14,16,23,28H,2,5,9,12H2,1H3/t16?,23-/m0/s1. The predicted octanol–water partition coefficient (Wildman–Crippen LogP) is 3.27. The molecule has 1 N–H and O–H groups in total. The Bertz CT molecular complexity index is 1240. The van der Waals surface area contributed by atoms with E-state index in [0.29, 0.717) is 24.8 Å². The Hall–Kier alpha value is -3.32. The molecule has 0 spiro atoms. The van der Waals surface area contributed by atoms with Gasteiger partial charge in [-0.1, -0.05) is 24.3 Å². The highest BCUT2D eigenvalue weighted by Gasteiger charge is 2.35. The maximum Gasteiger partial charge on any atom is 0.410 e. The number of nitrogens with one attached hydrogen (secondary N) is 1. The summed E-state index contributed by atoms with van der Waals surface area (Å²) in [6.07, 6.45) is 10.2. The summed E-state index contributed by atoms with van der Waals surface area (Å²) in [6, 6.07) is 7.39.